The Morgan fingerprint density at radius 3 is 2.27 bits per heavy atom. The third-order valence-electron chi connectivity index (χ3n) is 7.45. The van der Waals surface area contributed by atoms with Crippen molar-refractivity contribution in [3.8, 4) is 5.75 Å². The maximum absolute atomic E-state index is 14.5. The molecule has 0 saturated heterocycles. The molecule has 0 spiro atoms. The summed E-state index contributed by atoms with van der Waals surface area (Å²) >= 11 is 6.28. The average molecular weight is 435 g/mol. The van der Waals surface area contributed by atoms with Gasteiger partial charge in [-0.25, -0.2) is 4.39 Å². The van der Waals surface area contributed by atoms with Gasteiger partial charge < -0.3 is 4.74 Å². The summed E-state index contributed by atoms with van der Waals surface area (Å²) in [5, 5.41) is 0.178. The Hall–Kier alpha value is -1.02. The van der Waals surface area contributed by atoms with E-state index in [1.54, 1.807) is 6.07 Å². The molecule has 0 atom stereocenters. The average Bonchev–Trinajstić information content (AvgIpc) is 2.77. The molecule has 2 aliphatic rings. The molecule has 1 aromatic rings. The number of unbranched alkanes of at least 4 members (excludes halogenated alkanes) is 1. The fourth-order valence-corrected chi connectivity index (χ4v) is 5.74. The highest BCUT2D eigenvalue weighted by Gasteiger charge is 2.30. The summed E-state index contributed by atoms with van der Waals surface area (Å²) in [6, 6.07) is 3.59. The first kappa shape index (κ1) is 23.6. The number of halogens is 2. The minimum absolute atomic E-state index is 0.178. The summed E-state index contributed by atoms with van der Waals surface area (Å²) in [6.45, 7) is 4.94. The molecule has 0 aliphatic heterocycles. The van der Waals surface area contributed by atoms with E-state index in [9.17, 15) is 4.39 Å². The Kier molecular flexibility index (Phi) is 9.56. The molecule has 3 rings (SSSR count). The Morgan fingerprint density at radius 1 is 0.967 bits per heavy atom. The van der Waals surface area contributed by atoms with E-state index in [0.29, 0.717) is 12.5 Å². The van der Waals surface area contributed by atoms with Crippen molar-refractivity contribution in [1.82, 2.24) is 0 Å². The molecule has 2 fully saturated rings. The lowest BCUT2D eigenvalue weighted by Crippen LogP contribution is -2.25. The molecule has 0 heterocycles. The van der Waals surface area contributed by atoms with Crippen LogP contribution in [0.5, 0.6) is 5.75 Å². The molecule has 168 valence electrons. The quantitative estimate of drug-likeness (QED) is 0.352. The number of allylic oxidation sites excluding steroid dienone is 1. The summed E-state index contributed by atoms with van der Waals surface area (Å²) in [4.78, 5) is 0. The van der Waals surface area contributed by atoms with Gasteiger partial charge in [0.1, 0.15) is 0 Å². The van der Waals surface area contributed by atoms with E-state index in [2.05, 4.69) is 19.9 Å². The number of benzene rings is 1. The zero-order valence-corrected chi connectivity index (χ0v) is 19.7. The van der Waals surface area contributed by atoms with Crippen molar-refractivity contribution in [2.45, 2.75) is 90.9 Å². The second-order valence-corrected chi connectivity index (χ2v) is 9.96. The Bertz CT molecular complexity index is 670. The molecule has 2 saturated carbocycles. The van der Waals surface area contributed by atoms with Crippen LogP contribution < -0.4 is 4.74 Å². The van der Waals surface area contributed by atoms with E-state index < -0.39 is 5.82 Å². The lowest BCUT2D eigenvalue weighted by atomic mass is 9.68. The smallest absolute Gasteiger partial charge is 0.184 e. The molecule has 1 nitrogen and oxygen atoms in total. The van der Waals surface area contributed by atoms with E-state index in [4.69, 9.17) is 16.3 Å². The first-order valence-corrected chi connectivity index (χ1v) is 12.8. The van der Waals surface area contributed by atoms with Crippen LogP contribution in [0.1, 0.15) is 96.5 Å². The molecule has 0 aromatic heterocycles. The molecule has 0 unspecified atom stereocenters. The van der Waals surface area contributed by atoms with Crippen LogP contribution in [0.4, 0.5) is 4.39 Å². The van der Waals surface area contributed by atoms with Crippen LogP contribution in [0.2, 0.25) is 5.02 Å². The lowest BCUT2D eigenvalue weighted by molar-refractivity contribution is 0.152. The topological polar surface area (TPSA) is 9.23 Å². The molecule has 0 bridgehead atoms. The van der Waals surface area contributed by atoms with Crippen molar-refractivity contribution in [1.29, 1.82) is 0 Å². The van der Waals surface area contributed by atoms with Crippen LogP contribution in [-0.2, 0) is 0 Å². The van der Waals surface area contributed by atoms with Gasteiger partial charge in [0.2, 0.25) is 0 Å². The normalized spacial score (nSPS) is 27.5. The minimum atomic E-state index is -0.433. The van der Waals surface area contributed by atoms with Gasteiger partial charge in [-0.15, -0.1) is 0 Å². The highest BCUT2D eigenvalue weighted by atomic mass is 35.5. The first-order chi connectivity index (χ1) is 14.6. The molecule has 0 amide bonds. The maximum Gasteiger partial charge on any atom is 0.184 e. The fraction of sp³-hybridized carbons (Fsp3) is 0.704. The van der Waals surface area contributed by atoms with Gasteiger partial charge in [-0.3, -0.25) is 0 Å². The fourth-order valence-electron chi connectivity index (χ4n) is 5.52. The van der Waals surface area contributed by atoms with Gasteiger partial charge in [-0.1, -0.05) is 69.7 Å². The van der Waals surface area contributed by atoms with Gasteiger partial charge in [-0.05, 0) is 86.3 Å². The van der Waals surface area contributed by atoms with Crippen LogP contribution >= 0.6 is 11.6 Å². The Morgan fingerprint density at radius 2 is 1.63 bits per heavy atom. The van der Waals surface area contributed by atoms with E-state index >= 15 is 0 Å². The van der Waals surface area contributed by atoms with Crippen LogP contribution in [0.3, 0.4) is 0 Å². The van der Waals surface area contributed by atoms with E-state index in [0.717, 1.165) is 36.2 Å². The van der Waals surface area contributed by atoms with Gasteiger partial charge >= 0.3 is 0 Å². The summed E-state index contributed by atoms with van der Waals surface area (Å²) in [6.07, 6.45) is 20.0. The van der Waals surface area contributed by atoms with Crippen LogP contribution in [0.15, 0.2) is 18.2 Å². The van der Waals surface area contributed by atoms with Gasteiger partial charge in [0.05, 0.1) is 11.6 Å². The van der Waals surface area contributed by atoms with E-state index in [-0.39, 0.29) is 10.8 Å². The van der Waals surface area contributed by atoms with Crippen molar-refractivity contribution < 1.29 is 9.13 Å². The Labute approximate surface area is 188 Å². The van der Waals surface area contributed by atoms with Crippen molar-refractivity contribution >= 4 is 17.7 Å². The highest BCUT2D eigenvalue weighted by molar-refractivity contribution is 6.32. The minimum Gasteiger partial charge on any atom is -0.490 e. The van der Waals surface area contributed by atoms with Crippen molar-refractivity contribution in [3.63, 3.8) is 0 Å². The second-order valence-electron chi connectivity index (χ2n) is 9.59. The monoisotopic (exact) mass is 434 g/mol. The number of hydrogen-bond donors (Lipinski definition) is 0. The predicted octanol–water partition coefficient (Wildman–Crippen LogP) is 9.08. The second kappa shape index (κ2) is 12.1. The zero-order valence-electron chi connectivity index (χ0n) is 19.0. The van der Waals surface area contributed by atoms with Crippen molar-refractivity contribution in [2.24, 2.45) is 23.7 Å². The standard InChI is InChI=1S/C27H40ClFO/c1-3-5-19-30-25-18-17-24(26(28)27(25)29)16-11-21-9-14-23(15-10-21)22-12-7-20(6-4-2)8-13-22/h11,16-18,20-23H,3-10,12-15,19H2,1-2H3. The SMILES string of the molecule is CCCCOc1ccc(C=CC2CCC(C3CCC(CCC)CC3)CC2)c(Cl)c1F. The largest absolute Gasteiger partial charge is 0.490 e. The third-order valence-corrected chi connectivity index (χ3v) is 7.84. The predicted molar refractivity (Wildman–Crippen MR) is 127 cm³/mol. The first-order valence-electron chi connectivity index (χ1n) is 12.4. The number of rotatable bonds is 9. The van der Waals surface area contributed by atoms with Gasteiger partial charge in [0, 0.05) is 0 Å². The molecular weight excluding hydrogens is 395 g/mol. The van der Waals surface area contributed by atoms with Gasteiger partial charge in [0.25, 0.3) is 0 Å². The number of ether oxygens (including phenoxy) is 1. The van der Waals surface area contributed by atoms with Crippen LogP contribution in [-0.4, -0.2) is 6.61 Å². The van der Waals surface area contributed by atoms with Crippen molar-refractivity contribution in [2.75, 3.05) is 6.61 Å². The third kappa shape index (κ3) is 6.49. The van der Waals surface area contributed by atoms with Gasteiger partial charge in [-0.2, -0.15) is 0 Å². The summed E-state index contributed by atoms with van der Waals surface area (Å²) < 4.78 is 20.0. The summed E-state index contributed by atoms with van der Waals surface area (Å²) in [7, 11) is 0. The maximum atomic E-state index is 14.5. The van der Waals surface area contributed by atoms with Crippen LogP contribution in [0, 0.1) is 29.5 Å². The molecule has 0 radical (unpaired) electrons. The van der Waals surface area contributed by atoms with E-state index in [1.165, 1.54) is 64.2 Å². The Balaban J connectivity index is 1.47. The van der Waals surface area contributed by atoms with E-state index in [1.807, 2.05) is 12.1 Å². The molecular formula is C27H40ClFO. The zero-order chi connectivity index (χ0) is 21.3. The molecule has 1 aromatic carbocycles. The van der Waals surface area contributed by atoms with Crippen molar-refractivity contribution in [3.05, 3.63) is 34.6 Å². The molecule has 0 N–H and O–H groups in total. The highest BCUT2D eigenvalue weighted by Crippen LogP contribution is 2.42. The summed E-state index contributed by atoms with van der Waals surface area (Å²) in [5.74, 6) is 3.32. The molecule has 2 aliphatic carbocycles. The summed E-state index contributed by atoms with van der Waals surface area (Å²) in [5.41, 5.74) is 0.758. The molecule has 30 heavy (non-hydrogen) atoms. The van der Waals surface area contributed by atoms with Crippen LogP contribution in [0.25, 0.3) is 6.08 Å². The van der Waals surface area contributed by atoms with Gasteiger partial charge in [0.15, 0.2) is 11.6 Å². The number of hydrogen-bond acceptors (Lipinski definition) is 1. The molecule has 3 heteroatoms. The lowest BCUT2D eigenvalue weighted by Gasteiger charge is -2.37.